The first kappa shape index (κ1) is 14.8. The van der Waals surface area contributed by atoms with Crippen molar-refractivity contribution < 1.29 is 19.1 Å². The molecule has 0 saturated carbocycles. The molecule has 104 valence electrons. The Labute approximate surface area is 111 Å². The third-order valence-electron chi connectivity index (χ3n) is 2.63. The molecule has 19 heavy (non-hydrogen) atoms. The van der Waals surface area contributed by atoms with Crippen LogP contribution in [-0.2, 0) is 9.53 Å². The topological polar surface area (TPSA) is 90.6 Å². The Morgan fingerprint density at radius 1 is 1.26 bits per heavy atom. The zero-order valence-electron chi connectivity index (χ0n) is 11.4. The fraction of sp³-hybridized carbons (Fsp3) is 0.385. The van der Waals surface area contributed by atoms with E-state index in [1.807, 2.05) is 0 Å². The molecule has 1 aromatic carbocycles. The lowest BCUT2D eigenvalue weighted by atomic mass is 10.0. The summed E-state index contributed by atoms with van der Waals surface area (Å²) >= 11 is 0. The molecule has 0 radical (unpaired) electrons. The van der Waals surface area contributed by atoms with Gasteiger partial charge in [0.25, 0.3) is 5.91 Å². The summed E-state index contributed by atoms with van der Waals surface area (Å²) in [6.45, 7) is 3.10. The molecule has 3 N–H and O–H groups in total. The Morgan fingerprint density at radius 2 is 1.89 bits per heavy atom. The van der Waals surface area contributed by atoms with Gasteiger partial charge < -0.3 is 20.5 Å². The van der Waals surface area contributed by atoms with Gasteiger partial charge in [-0.25, -0.2) is 4.79 Å². The Kier molecular flexibility index (Phi) is 4.37. The summed E-state index contributed by atoms with van der Waals surface area (Å²) in [5.41, 5.74) is 5.19. The highest BCUT2D eigenvalue weighted by atomic mass is 16.5. The second-order valence-corrected chi connectivity index (χ2v) is 4.52. The minimum absolute atomic E-state index is 0.275. The molecule has 6 nitrogen and oxygen atoms in total. The summed E-state index contributed by atoms with van der Waals surface area (Å²) in [5.74, 6) is -0.426. The fourth-order valence-electron chi connectivity index (χ4n) is 1.53. The van der Waals surface area contributed by atoms with Crippen LogP contribution in [0, 0.1) is 0 Å². The normalized spacial score (nSPS) is 10.7. The molecule has 1 aromatic rings. The molecule has 0 fully saturated rings. The largest absolute Gasteiger partial charge is 0.497 e. The van der Waals surface area contributed by atoms with E-state index in [-0.39, 0.29) is 11.3 Å². The van der Waals surface area contributed by atoms with E-state index in [2.05, 4.69) is 10.1 Å². The quantitative estimate of drug-likeness (QED) is 0.625. The molecule has 0 spiro atoms. The predicted octanol–water partition coefficient (Wildman–Crippen LogP) is 0.959. The SMILES string of the molecule is COC(=O)C(C)(C)NC(=O)c1ccc(OC)cc1N. The van der Waals surface area contributed by atoms with E-state index < -0.39 is 17.4 Å². The molecule has 6 heteroatoms. The van der Waals surface area contributed by atoms with Crippen molar-refractivity contribution in [2.24, 2.45) is 0 Å². The van der Waals surface area contributed by atoms with Crippen molar-refractivity contribution in [3.63, 3.8) is 0 Å². The minimum Gasteiger partial charge on any atom is -0.497 e. The van der Waals surface area contributed by atoms with E-state index in [0.717, 1.165) is 0 Å². The monoisotopic (exact) mass is 266 g/mol. The van der Waals surface area contributed by atoms with Crippen molar-refractivity contribution in [2.45, 2.75) is 19.4 Å². The van der Waals surface area contributed by atoms with Gasteiger partial charge in [0.15, 0.2) is 0 Å². The summed E-state index contributed by atoms with van der Waals surface area (Å²) in [6, 6.07) is 4.70. The maximum absolute atomic E-state index is 12.1. The van der Waals surface area contributed by atoms with Crippen molar-refractivity contribution in [1.29, 1.82) is 0 Å². The van der Waals surface area contributed by atoms with Crippen molar-refractivity contribution in [2.75, 3.05) is 20.0 Å². The van der Waals surface area contributed by atoms with E-state index in [4.69, 9.17) is 10.5 Å². The zero-order valence-corrected chi connectivity index (χ0v) is 11.4. The maximum Gasteiger partial charge on any atom is 0.330 e. The van der Waals surface area contributed by atoms with Crippen molar-refractivity contribution in [1.82, 2.24) is 5.32 Å². The summed E-state index contributed by atoms with van der Waals surface area (Å²) in [4.78, 5) is 23.6. The highest BCUT2D eigenvalue weighted by Gasteiger charge is 2.31. The first-order chi connectivity index (χ1) is 8.81. The third kappa shape index (κ3) is 3.37. The highest BCUT2D eigenvalue weighted by molar-refractivity contribution is 6.01. The van der Waals surface area contributed by atoms with E-state index in [9.17, 15) is 9.59 Å². The number of rotatable bonds is 4. The van der Waals surface area contributed by atoms with Crippen molar-refractivity contribution in [3.05, 3.63) is 23.8 Å². The number of carbonyl (C=O) groups excluding carboxylic acids is 2. The van der Waals surface area contributed by atoms with Gasteiger partial charge >= 0.3 is 5.97 Å². The Morgan fingerprint density at radius 3 is 2.37 bits per heavy atom. The number of amides is 1. The number of methoxy groups -OCH3 is 2. The van der Waals surface area contributed by atoms with Crippen LogP contribution < -0.4 is 15.8 Å². The van der Waals surface area contributed by atoms with Gasteiger partial charge in [0.05, 0.1) is 19.8 Å². The molecule has 0 aliphatic heterocycles. The summed E-state index contributed by atoms with van der Waals surface area (Å²) in [5, 5.41) is 2.57. The van der Waals surface area contributed by atoms with Crippen LogP contribution in [0.15, 0.2) is 18.2 Å². The third-order valence-corrected chi connectivity index (χ3v) is 2.63. The van der Waals surface area contributed by atoms with Crippen LogP contribution in [0.2, 0.25) is 0 Å². The number of ether oxygens (including phenoxy) is 2. The molecule has 0 unspecified atom stereocenters. The fourth-order valence-corrected chi connectivity index (χ4v) is 1.53. The number of benzene rings is 1. The van der Waals surface area contributed by atoms with Crippen LogP contribution in [0.5, 0.6) is 5.75 Å². The summed E-state index contributed by atoms with van der Waals surface area (Å²) < 4.78 is 9.61. The van der Waals surface area contributed by atoms with E-state index in [0.29, 0.717) is 5.75 Å². The van der Waals surface area contributed by atoms with Gasteiger partial charge in [-0.15, -0.1) is 0 Å². The number of hydrogen-bond donors (Lipinski definition) is 2. The van der Waals surface area contributed by atoms with Gasteiger partial charge in [0, 0.05) is 11.8 Å². The average Bonchev–Trinajstić information content (AvgIpc) is 2.36. The van der Waals surface area contributed by atoms with Gasteiger partial charge in [-0.2, -0.15) is 0 Å². The molecule has 1 amide bonds. The first-order valence-electron chi connectivity index (χ1n) is 5.66. The molecule has 0 aliphatic rings. The minimum atomic E-state index is -1.13. The molecule has 0 heterocycles. The molecule has 0 atom stereocenters. The smallest absolute Gasteiger partial charge is 0.330 e. The van der Waals surface area contributed by atoms with Crippen molar-refractivity contribution in [3.8, 4) is 5.75 Å². The molecule has 0 aromatic heterocycles. The average molecular weight is 266 g/mol. The summed E-state index contributed by atoms with van der Waals surface area (Å²) in [7, 11) is 2.77. The highest BCUT2D eigenvalue weighted by Crippen LogP contribution is 2.20. The molecule has 1 rings (SSSR count). The number of carbonyl (C=O) groups is 2. The summed E-state index contributed by atoms with van der Waals surface area (Å²) in [6.07, 6.45) is 0. The van der Waals surface area contributed by atoms with Gasteiger partial charge in [0.2, 0.25) is 0 Å². The van der Waals surface area contributed by atoms with Gasteiger partial charge in [-0.1, -0.05) is 0 Å². The van der Waals surface area contributed by atoms with Crippen LogP contribution in [0.3, 0.4) is 0 Å². The maximum atomic E-state index is 12.1. The number of hydrogen-bond acceptors (Lipinski definition) is 5. The second kappa shape index (κ2) is 5.60. The Hall–Kier alpha value is -2.24. The molecule has 0 saturated heterocycles. The van der Waals surface area contributed by atoms with E-state index in [1.54, 1.807) is 26.0 Å². The van der Waals surface area contributed by atoms with Crippen LogP contribution in [0.25, 0.3) is 0 Å². The first-order valence-corrected chi connectivity index (χ1v) is 5.66. The number of esters is 1. The molecule has 0 aliphatic carbocycles. The number of nitrogens with two attached hydrogens (primary N) is 1. The lowest BCUT2D eigenvalue weighted by Crippen LogP contribution is -2.50. The lowest BCUT2D eigenvalue weighted by molar-refractivity contribution is -0.146. The second-order valence-electron chi connectivity index (χ2n) is 4.52. The molecular weight excluding hydrogens is 248 g/mol. The number of anilines is 1. The van der Waals surface area contributed by atoms with Crippen LogP contribution in [0.4, 0.5) is 5.69 Å². The Balaban J connectivity index is 2.93. The van der Waals surface area contributed by atoms with Crippen LogP contribution in [-0.4, -0.2) is 31.6 Å². The van der Waals surface area contributed by atoms with Gasteiger partial charge in [0.1, 0.15) is 11.3 Å². The predicted molar refractivity (Wildman–Crippen MR) is 71.0 cm³/mol. The van der Waals surface area contributed by atoms with Gasteiger partial charge in [-0.3, -0.25) is 4.79 Å². The number of nitrogens with one attached hydrogen (secondary N) is 1. The van der Waals surface area contributed by atoms with Crippen molar-refractivity contribution >= 4 is 17.6 Å². The lowest BCUT2D eigenvalue weighted by Gasteiger charge is -2.23. The Bertz CT molecular complexity index is 497. The zero-order chi connectivity index (χ0) is 14.6. The molecule has 0 bridgehead atoms. The van der Waals surface area contributed by atoms with Crippen LogP contribution >= 0.6 is 0 Å². The van der Waals surface area contributed by atoms with E-state index >= 15 is 0 Å². The standard InChI is InChI=1S/C13H18N2O4/c1-13(2,12(17)19-4)15-11(16)9-6-5-8(18-3)7-10(9)14/h5-7H,14H2,1-4H3,(H,15,16). The van der Waals surface area contributed by atoms with E-state index in [1.165, 1.54) is 20.3 Å². The van der Waals surface area contributed by atoms with Gasteiger partial charge in [-0.05, 0) is 26.0 Å². The van der Waals surface area contributed by atoms with Crippen LogP contribution in [0.1, 0.15) is 24.2 Å². The number of nitrogen functional groups attached to an aromatic ring is 1. The molecular formula is C13H18N2O4.